The van der Waals surface area contributed by atoms with Gasteiger partial charge < -0.3 is 16.4 Å². The van der Waals surface area contributed by atoms with Crippen LogP contribution in [0.15, 0.2) is 0 Å². The van der Waals surface area contributed by atoms with Crippen molar-refractivity contribution in [3.63, 3.8) is 0 Å². The van der Waals surface area contributed by atoms with Crippen LogP contribution in [0.1, 0.15) is 19.3 Å². The highest BCUT2D eigenvalue weighted by Gasteiger charge is 2.43. The maximum absolute atomic E-state index is 11.0. The maximum Gasteiger partial charge on any atom is 0.233 e. The van der Waals surface area contributed by atoms with Crippen LogP contribution in [0.5, 0.6) is 0 Å². The highest BCUT2D eigenvalue weighted by atomic mass is 35.5. The number of hydrogen-bond donors (Lipinski definition) is 3. The van der Waals surface area contributed by atoms with Gasteiger partial charge in [0.05, 0.1) is 6.54 Å². The molecule has 0 aromatic carbocycles. The number of halogens is 1. The van der Waals surface area contributed by atoms with E-state index in [9.17, 15) is 4.79 Å². The zero-order chi connectivity index (χ0) is 9.97. The summed E-state index contributed by atoms with van der Waals surface area (Å²) in [4.78, 5) is 11.0. The van der Waals surface area contributed by atoms with Crippen molar-refractivity contribution in [1.82, 2.24) is 10.6 Å². The Bertz CT molecular complexity index is 219. The topological polar surface area (TPSA) is 67.2 Å². The molecule has 2 aliphatic rings. The summed E-state index contributed by atoms with van der Waals surface area (Å²) >= 11 is 0. The molecule has 2 fully saturated rings. The van der Waals surface area contributed by atoms with Gasteiger partial charge in [0.2, 0.25) is 5.91 Å². The van der Waals surface area contributed by atoms with E-state index >= 15 is 0 Å². The Morgan fingerprint density at radius 3 is 2.67 bits per heavy atom. The smallest absolute Gasteiger partial charge is 0.233 e. The lowest BCUT2D eigenvalue weighted by Gasteiger charge is -2.22. The van der Waals surface area contributed by atoms with E-state index in [1.807, 2.05) is 0 Å². The Morgan fingerprint density at radius 1 is 1.40 bits per heavy atom. The number of carbonyl (C=O) groups is 1. The molecule has 88 valence electrons. The molecule has 1 saturated carbocycles. The zero-order valence-corrected chi connectivity index (χ0v) is 9.69. The van der Waals surface area contributed by atoms with E-state index in [1.165, 1.54) is 12.8 Å². The van der Waals surface area contributed by atoms with E-state index in [1.54, 1.807) is 0 Å². The molecule has 4 nitrogen and oxygen atoms in total. The van der Waals surface area contributed by atoms with Crippen molar-refractivity contribution in [1.29, 1.82) is 0 Å². The van der Waals surface area contributed by atoms with Gasteiger partial charge in [0.1, 0.15) is 0 Å². The normalized spacial score (nSPS) is 30.5. The number of carbonyl (C=O) groups excluding carboxylic acids is 1. The Balaban J connectivity index is 0.00000112. The molecule has 4 N–H and O–H groups in total. The fourth-order valence-electron chi connectivity index (χ4n) is 2.44. The minimum atomic E-state index is -0.00793. The first kappa shape index (κ1) is 12.7. The van der Waals surface area contributed by atoms with Crippen molar-refractivity contribution in [2.45, 2.75) is 25.3 Å². The molecule has 15 heavy (non-hydrogen) atoms. The minimum absolute atomic E-state index is 0. The van der Waals surface area contributed by atoms with Crippen LogP contribution < -0.4 is 16.4 Å². The molecule has 2 atom stereocenters. The summed E-state index contributed by atoms with van der Waals surface area (Å²) in [5.41, 5.74) is 5.25. The molecule has 1 amide bonds. The predicted molar refractivity (Wildman–Crippen MR) is 61.9 cm³/mol. The van der Waals surface area contributed by atoms with Crippen LogP contribution in [0, 0.1) is 11.8 Å². The Kier molecular flexibility index (Phi) is 4.83. The molecule has 1 aliphatic heterocycles. The molecular weight excluding hydrogens is 214 g/mol. The average Bonchev–Trinajstić information content (AvgIpc) is 2.98. The van der Waals surface area contributed by atoms with Gasteiger partial charge in [-0.25, -0.2) is 0 Å². The highest BCUT2D eigenvalue weighted by molar-refractivity contribution is 5.85. The lowest BCUT2D eigenvalue weighted by molar-refractivity contribution is -0.119. The van der Waals surface area contributed by atoms with Crippen LogP contribution in [0.3, 0.4) is 0 Å². The number of rotatable bonds is 3. The van der Waals surface area contributed by atoms with Crippen LogP contribution >= 0.6 is 12.4 Å². The quantitative estimate of drug-likeness (QED) is 0.636. The monoisotopic (exact) mass is 233 g/mol. The van der Waals surface area contributed by atoms with Gasteiger partial charge in [-0.2, -0.15) is 0 Å². The third-order valence-corrected chi connectivity index (χ3v) is 3.36. The summed E-state index contributed by atoms with van der Waals surface area (Å²) < 4.78 is 0. The number of hydrogen-bond acceptors (Lipinski definition) is 3. The van der Waals surface area contributed by atoms with E-state index in [2.05, 4.69) is 10.6 Å². The second kappa shape index (κ2) is 5.68. The fraction of sp³-hybridized carbons (Fsp3) is 0.900. The third-order valence-electron chi connectivity index (χ3n) is 3.36. The molecule has 0 aromatic rings. The first-order chi connectivity index (χ1) is 6.81. The lowest BCUT2D eigenvalue weighted by atomic mass is 9.93. The van der Waals surface area contributed by atoms with Gasteiger partial charge in [-0.05, 0) is 44.2 Å². The van der Waals surface area contributed by atoms with E-state index in [-0.39, 0.29) is 24.9 Å². The van der Waals surface area contributed by atoms with Crippen LogP contribution in [-0.2, 0) is 4.79 Å². The number of nitrogens with two attached hydrogens (primary N) is 1. The Hall–Kier alpha value is -0.320. The van der Waals surface area contributed by atoms with Crippen LogP contribution in [0.4, 0.5) is 0 Å². The first-order valence-electron chi connectivity index (χ1n) is 5.51. The summed E-state index contributed by atoms with van der Waals surface area (Å²) in [6.45, 7) is 2.40. The summed E-state index contributed by atoms with van der Waals surface area (Å²) in [5, 5.41) is 6.32. The van der Waals surface area contributed by atoms with Crippen molar-refractivity contribution >= 4 is 18.3 Å². The van der Waals surface area contributed by atoms with E-state index in [4.69, 9.17) is 5.73 Å². The molecule has 0 spiro atoms. The summed E-state index contributed by atoms with van der Waals surface area (Å²) in [6.07, 6.45) is 3.69. The number of amides is 1. The number of nitrogens with one attached hydrogen (secondary N) is 2. The molecule has 0 bridgehead atoms. The van der Waals surface area contributed by atoms with Crippen molar-refractivity contribution in [2.75, 3.05) is 19.6 Å². The molecule has 0 aromatic heterocycles. The van der Waals surface area contributed by atoms with Crippen molar-refractivity contribution in [3.05, 3.63) is 0 Å². The lowest BCUT2D eigenvalue weighted by Crippen LogP contribution is -2.35. The molecule has 1 heterocycles. The molecule has 0 unspecified atom stereocenters. The van der Waals surface area contributed by atoms with Gasteiger partial charge in [0.25, 0.3) is 0 Å². The van der Waals surface area contributed by atoms with Gasteiger partial charge >= 0.3 is 0 Å². The second-order valence-corrected chi connectivity index (χ2v) is 4.37. The van der Waals surface area contributed by atoms with E-state index in [0.717, 1.165) is 31.3 Å². The van der Waals surface area contributed by atoms with Gasteiger partial charge in [0.15, 0.2) is 0 Å². The first-order valence-corrected chi connectivity index (χ1v) is 5.51. The molecule has 2 rings (SSSR count). The van der Waals surface area contributed by atoms with E-state index in [0.29, 0.717) is 6.04 Å². The van der Waals surface area contributed by atoms with Crippen LogP contribution in [0.25, 0.3) is 0 Å². The molecule has 1 saturated heterocycles. The maximum atomic E-state index is 11.0. The Morgan fingerprint density at radius 2 is 2.07 bits per heavy atom. The minimum Gasteiger partial charge on any atom is -0.352 e. The van der Waals surface area contributed by atoms with Crippen molar-refractivity contribution in [3.8, 4) is 0 Å². The standard InChI is InChI=1S/C10H19N3O.ClH/c11-6-10(14)13-9-5-8(9)7-1-3-12-4-2-7;/h7-9,12H,1-6,11H2,(H,13,14);1H/t8-,9+;/m0./s1. The molecular formula is C10H20ClN3O. The summed E-state index contributed by atoms with van der Waals surface area (Å²) in [5.74, 6) is 1.54. The van der Waals surface area contributed by atoms with Gasteiger partial charge in [-0.3, -0.25) is 4.79 Å². The molecule has 5 heteroatoms. The SMILES string of the molecule is Cl.NCC(=O)N[C@@H]1C[C@H]1C1CCNCC1. The average molecular weight is 234 g/mol. The molecule has 1 aliphatic carbocycles. The summed E-state index contributed by atoms with van der Waals surface area (Å²) in [7, 11) is 0. The Labute approximate surface area is 96.8 Å². The predicted octanol–water partition coefficient (Wildman–Crippen LogP) is -0.129. The largest absolute Gasteiger partial charge is 0.352 e. The van der Waals surface area contributed by atoms with Gasteiger partial charge in [-0.1, -0.05) is 0 Å². The highest BCUT2D eigenvalue weighted by Crippen LogP contribution is 2.41. The third kappa shape index (κ3) is 3.33. The molecule has 0 radical (unpaired) electrons. The van der Waals surface area contributed by atoms with Crippen LogP contribution in [0.2, 0.25) is 0 Å². The number of piperidine rings is 1. The van der Waals surface area contributed by atoms with Gasteiger partial charge in [0, 0.05) is 6.04 Å². The fourth-order valence-corrected chi connectivity index (χ4v) is 2.44. The van der Waals surface area contributed by atoms with Crippen molar-refractivity contribution < 1.29 is 4.79 Å². The van der Waals surface area contributed by atoms with Gasteiger partial charge in [-0.15, -0.1) is 12.4 Å². The van der Waals surface area contributed by atoms with Crippen LogP contribution in [-0.4, -0.2) is 31.6 Å². The zero-order valence-electron chi connectivity index (χ0n) is 8.87. The van der Waals surface area contributed by atoms with E-state index < -0.39 is 0 Å². The second-order valence-electron chi connectivity index (χ2n) is 4.37. The summed E-state index contributed by atoms with van der Waals surface area (Å²) in [6, 6.07) is 0.425. The van der Waals surface area contributed by atoms with Crippen molar-refractivity contribution in [2.24, 2.45) is 17.6 Å².